The van der Waals surface area contributed by atoms with Crippen LogP contribution in [0.15, 0.2) is 42.5 Å². The number of benzene rings is 2. The summed E-state index contributed by atoms with van der Waals surface area (Å²) in [4.78, 5) is 4.85. The Bertz CT molecular complexity index is 834. The number of halogens is 1. The van der Waals surface area contributed by atoms with Crippen LogP contribution >= 0.6 is 0 Å². The molecule has 0 aromatic heterocycles. The number of likely N-dealkylation sites (N-methyl/N-ethyl adjacent to an activating group) is 1. The molecule has 2 heterocycles. The molecule has 31 heavy (non-hydrogen) atoms. The van der Waals surface area contributed by atoms with Gasteiger partial charge in [0.1, 0.15) is 17.7 Å². The van der Waals surface area contributed by atoms with E-state index in [0.29, 0.717) is 25.4 Å². The Hall–Kier alpha value is -2.11. The van der Waals surface area contributed by atoms with E-state index in [1.807, 2.05) is 12.1 Å². The smallest absolute Gasteiger partial charge is 0.119 e. The zero-order chi connectivity index (χ0) is 21.6. The fourth-order valence-corrected chi connectivity index (χ4v) is 4.78. The molecule has 4 rings (SSSR count). The van der Waals surface area contributed by atoms with Crippen LogP contribution in [0.4, 0.5) is 4.39 Å². The normalized spacial score (nSPS) is 20.4. The molecule has 0 N–H and O–H groups in total. The van der Waals surface area contributed by atoms with Crippen molar-refractivity contribution in [2.45, 2.75) is 44.8 Å². The highest BCUT2D eigenvalue weighted by Gasteiger charge is 2.26. The van der Waals surface area contributed by atoms with Crippen molar-refractivity contribution in [3.63, 3.8) is 0 Å². The van der Waals surface area contributed by atoms with Gasteiger partial charge in [0.25, 0.3) is 0 Å². The van der Waals surface area contributed by atoms with Crippen molar-refractivity contribution in [3.05, 3.63) is 59.2 Å². The number of nitrogens with zero attached hydrogens (tertiary/aromatic N) is 2. The third kappa shape index (κ3) is 5.58. The van der Waals surface area contributed by atoms with Crippen molar-refractivity contribution in [2.24, 2.45) is 0 Å². The first kappa shape index (κ1) is 22.1. The zero-order valence-corrected chi connectivity index (χ0v) is 18.9. The highest BCUT2D eigenvalue weighted by Crippen LogP contribution is 2.36. The zero-order valence-electron chi connectivity index (χ0n) is 18.9. The Labute approximate surface area is 185 Å². The summed E-state index contributed by atoms with van der Waals surface area (Å²) in [5.74, 6) is 2.21. The van der Waals surface area contributed by atoms with Gasteiger partial charge in [0.15, 0.2) is 0 Å². The van der Waals surface area contributed by atoms with Crippen molar-refractivity contribution >= 4 is 0 Å². The Morgan fingerprint density at radius 3 is 2.45 bits per heavy atom. The summed E-state index contributed by atoms with van der Waals surface area (Å²) >= 11 is 0. The lowest BCUT2D eigenvalue weighted by atomic mass is 9.84. The summed E-state index contributed by atoms with van der Waals surface area (Å²) in [5.41, 5.74) is 4.08. The molecule has 1 fully saturated rings. The number of alkyl halides is 1. The summed E-state index contributed by atoms with van der Waals surface area (Å²) < 4.78 is 24.7. The molecule has 1 atom stereocenters. The second-order valence-electron chi connectivity index (χ2n) is 8.73. The van der Waals surface area contributed by atoms with Crippen molar-refractivity contribution in [1.82, 2.24) is 9.80 Å². The average Bonchev–Trinajstić information content (AvgIpc) is 2.82. The standard InChI is InChI=1S/C26H35FN2O2/c1-3-28-18-21-17-24(31-16-4-13-29-14-11-22(27)12-15-29)9-10-25(21)26(19-28)20-5-7-23(30-2)8-6-20/h5-10,17,22,26H,3-4,11-16,18-19H2,1-2H3. The van der Waals surface area contributed by atoms with E-state index in [1.165, 1.54) is 16.7 Å². The molecular weight excluding hydrogens is 391 g/mol. The molecule has 2 aromatic rings. The van der Waals surface area contributed by atoms with Crippen LogP contribution < -0.4 is 9.47 Å². The third-order valence-corrected chi connectivity index (χ3v) is 6.69. The van der Waals surface area contributed by atoms with Crippen LogP contribution in [-0.2, 0) is 6.54 Å². The second-order valence-corrected chi connectivity index (χ2v) is 8.73. The first-order valence-corrected chi connectivity index (χ1v) is 11.6. The van der Waals surface area contributed by atoms with Gasteiger partial charge in [-0.15, -0.1) is 0 Å². The monoisotopic (exact) mass is 426 g/mol. The van der Waals surface area contributed by atoms with Crippen LogP contribution in [0.3, 0.4) is 0 Å². The topological polar surface area (TPSA) is 24.9 Å². The third-order valence-electron chi connectivity index (χ3n) is 6.69. The van der Waals surface area contributed by atoms with Gasteiger partial charge in [-0.05, 0) is 66.8 Å². The van der Waals surface area contributed by atoms with Crippen molar-refractivity contribution in [2.75, 3.05) is 46.4 Å². The first-order valence-electron chi connectivity index (χ1n) is 11.6. The molecule has 0 bridgehead atoms. The molecule has 2 aliphatic rings. The van der Waals surface area contributed by atoms with E-state index in [-0.39, 0.29) is 0 Å². The van der Waals surface area contributed by atoms with E-state index in [0.717, 1.165) is 57.2 Å². The molecule has 1 saturated heterocycles. The molecular formula is C26H35FN2O2. The van der Waals surface area contributed by atoms with E-state index in [4.69, 9.17) is 9.47 Å². The number of ether oxygens (including phenoxy) is 2. The molecule has 0 aliphatic carbocycles. The molecule has 2 aliphatic heterocycles. The molecule has 1 unspecified atom stereocenters. The Kier molecular flexibility index (Phi) is 7.46. The summed E-state index contributed by atoms with van der Waals surface area (Å²) in [7, 11) is 1.71. The van der Waals surface area contributed by atoms with Crippen LogP contribution in [0.1, 0.15) is 48.8 Å². The highest BCUT2D eigenvalue weighted by molar-refractivity contribution is 5.45. The maximum Gasteiger partial charge on any atom is 0.119 e. The Balaban J connectivity index is 1.39. The number of hydrogen-bond acceptors (Lipinski definition) is 4. The van der Waals surface area contributed by atoms with Crippen molar-refractivity contribution < 1.29 is 13.9 Å². The van der Waals surface area contributed by atoms with Crippen molar-refractivity contribution in [1.29, 1.82) is 0 Å². The molecule has 0 amide bonds. The van der Waals surface area contributed by atoms with Crippen LogP contribution in [0.5, 0.6) is 11.5 Å². The number of fused-ring (bicyclic) bond motifs is 1. The molecule has 4 nitrogen and oxygen atoms in total. The summed E-state index contributed by atoms with van der Waals surface area (Å²) in [6.07, 6.45) is 1.72. The minimum atomic E-state index is -0.604. The van der Waals surface area contributed by atoms with E-state index in [1.54, 1.807) is 7.11 Å². The van der Waals surface area contributed by atoms with Gasteiger partial charge in [0.2, 0.25) is 0 Å². The largest absolute Gasteiger partial charge is 0.497 e. The molecule has 0 saturated carbocycles. The predicted molar refractivity (Wildman–Crippen MR) is 123 cm³/mol. The quantitative estimate of drug-likeness (QED) is 0.563. The highest BCUT2D eigenvalue weighted by atomic mass is 19.1. The van der Waals surface area contributed by atoms with Gasteiger partial charge in [-0.3, -0.25) is 4.90 Å². The minimum Gasteiger partial charge on any atom is -0.497 e. The second kappa shape index (κ2) is 10.5. The summed E-state index contributed by atoms with van der Waals surface area (Å²) in [6, 6.07) is 15.1. The summed E-state index contributed by atoms with van der Waals surface area (Å²) in [5, 5.41) is 0. The van der Waals surface area contributed by atoms with Gasteiger partial charge in [-0.2, -0.15) is 0 Å². The first-order chi connectivity index (χ1) is 15.2. The van der Waals surface area contributed by atoms with Gasteiger partial charge in [0.05, 0.1) is 13.7 Å². The average molecular weight is 427 g/mol. The van der Waals surface area contributed by atoms with E-state index >= 15 is 0 Å². The lowest BCUT2D eigenvalue weighted by molar-refractivity contribution is 0.143. The van der Waals surface area contributed by atoms with E-state index in [9.17, 15) is 4.39 Å². The van der Waals surface area contributed by atoms with E-state index < -0.39 is 6.17 Å². The van der Waals surface area contributed by atoms with Crippen molar-refractivity contribution in [3.8, 4) is 11.5 Å². The van der Waals surface area contributed by atoms with Crippen LogP contribution in [0, 0.1) is 0 Å². The number of rotatable bonds is 8. The molecule has 0 radical (unpaired) electrons. The number of methoxy groups -OCH3 is 1. The Morgan fingerprint density at radius 2 is 1.74 bits per heavy atom. The van der Waals surface area contributed by atoms with Gasteiger partial charge in [-0.1, -0.05) is 25.1 Å². The summed E-state index contributed by atoms with van der Waals surface area (Å²) in [6.45, 7) is 8.70. The van der Waals surface area contributed by atoms with Gasteiger partial charge >= 0.3 is 0 Å². The number of likely N-dealkylation sites (tertiary alicyclic amines) is 1. The maximum absolute atomic E-state index is 13.3. The van der Waals surface area contributed by atoms with Gasteiger partial charge in [-0.25, -0.2) is 4.39 Å². The molecule has 168 valence electrons. The fraction of sp³-hybridized carbons (Fsp3) is 0.538. The lowest BCUT2D eigenvalue weighted by Gasteiger charge is -2.34. The molecule has 0 spiro atoms. The SMILES string of the molecule is CCN1Cc2cc(OCCCN3CCC(F)CC3)ccc2C(c2ccc(OC)cc2)C1. The van der Waals surface area contributed by atoms with Crippen LogP contribution in [0.25, 0.3) is 0 Å². The van der Waals surface area contributed by atoms with Gasteiger partial charge in [0, 0.05) is 38.6 Å². The number of hydrogen-bond donors (Lipinski definition) is 0. The molecule has 5 heteroatoms. The van der Waals surface area contributed by atoms with Crippen LogP contribution in [0.2, 0.25) is 0 Å². The van der Waals surface area contributed by atoms with Gasteiger partial charge < -0.3 is 14.4 Å². The van der Waals surface area contributed by atoms with Crippen LogP contribution in [-0.4, -0.2) is 62.4 Å². The lowest BCUT2D eigenvalue weighted by Crippen LogP contribution is -2.35. The fourth-order valence-electron chi connectivity index (χ4n) is 4.78. The Morgan fingerprint density at radius 1 is 1.00 bits per heavy atom. The number of piperidine rings is 1. The minimum absolute atomic E-state index is 0.363. The maximum atomic E-state index is 13.3. The molecule has 2 aromatic carbocycles. The van der Waals surface area contributed by atoms with E-state index in [2.05, 4.69) is 47.1 Å². The predicted octanol–water partition coefficient (Wildman–Crippen LogP) is 4.87.